The molecule has 1 heterocycles. The molecule has 0 bridgehead atoms. The number of anilines is 1. The number of hydrogen-bond acceptors (Lipinski definition) is 2. The van der Waals surface area contributed by atoms with Gasteiger partial charge in [0, 0.05) is 12.6 Å². The fourth-order valence-electron chi connectivity index (χ4n) is 1.93. The number of hydrogen-bond donors (Lipinski definition) is 2. The molecule has 18 heavy (non-hydrogen) atoms. The molecule has 0 aromatic heterocycles. The fourth-order valence-corrected chi connectivity index (χ4v) is 2.27. The van der Waals surface area contributed by atoms with Crippen LogP contribution in [0.25, 0.3) is 0 Å². The summed E-state index contributed by atoms with van der Waals surface area (Å²) in [6.07, 6.45) is 1.70. The van der Waals surface area contributed by atoms with Crippen molar-refractivity contribution in [1.82, 2.24) is 5.32 Å². The first-order valence-corrected chi connectivity index (χ1v) is 6.53. The van der Waals surface area contributed by atoms with Gasteiger partial charge in [-0.15, -0.1) is 0 Å². The standard InChI is InChI=1S/C12H13BrF2N2O/c13-8-4-11(10(15)5-9(8)14)17-12(18)7-2-1-3-16-6-7/h4-5,7,16H,1-3,6H2,(H,17,18)/t7-/m0/s1. The molecule has 1 atom stereocenters. The third kappa shape index (κ3) is 3.05. The van der Waals surface area contributed by atoms with Gasteiger partial charge in [0.2, 0.25) is 5.91 Å². The van der Waals surface area contributed by atoms with Crippen molar-refractivity contribution >= 4 is 27.5 Å². The molecule has 98 valence electrons. The molecule has 2 N–H and O–H groups in total. The maximum absolute atomic E-state index is 13.5. The molecular formula is C12H13BrF2N2O. The van der Waals surface area contributed by atoms with Gasteiger partial charge in [0.1, 0.15) is 11.6 Å². The fraction of sp³-hybridized carbons (Fsp3) is 0.417. The van der Waals surface area contributed by atoms with Crippen LogP contribution in [0.15, 0.2) is 16.6 Å². The van der Waals surface area contributed by atoms with E-state index in [9.17, 15) is 13.6 Å². The minimum Gasteiger partial charge on any atom is -0.323 e. The van der Waals surface area contributed by atoms with E-state index in [2.05, 4.69) is 26.6 Å². The Morgan fingerprint density at radius 2 is 2.17 bits per heavy atom. The summed E-state index contributed by atoms with van der Waals surface area (Å²) in [5.41, 5.74) is -0.00107. The number of piperidine rings is 1. The van der Waals surface area contributed by atoms with Crippen LogP contribution < -0.4 is 10.6 Å². The van der Waals surface area contributed by atoms with Crippen LogP contribution in [0, 0.1) is 17.6 Å². The van der Waals surface area contributed by atoms with Gasteiger partial charge in [0.05, 0.1) is 16.1 Å². The summed E-state index contributed by atoms with van der Waals surface area (Å²) in [5.74, 6) is -1.86. The first-order chi connectivity index (χ1) is 8.58. The van der Waals surface area contributed by atoms with E-state index in [0.29, 0.717) is 6.54 Å². The molecule has 1 aromatic carbocycles. The molecule has 1 aliphatic heterocycles. The zero-order valence-corrected chi connectivity index (χ0v) is 11.2. The number of amides is 1. The summed E-state index contributed by atoms with van der Waals surface area (Å²) >= 11 is 2.96. The van der Waals surface area contributed by atoms with E-state index in [1.807, 2.05) is 0 Å². The zero-order valence-electron chi connectivity index (χ0n) is 9.60. The number of rotatable bonds is 2. The lowest BCUT2D eigenvalue weighted by Crippen LogP contribution is -2.37. The summed E-state index contributed by atoms with van der Waals surface area (Å²) in [6.45, 7) is 1.50. The lowest BCUT2D eigenvalue weighted by Gasteiger charge is -2.22. The van der Waals surface area contributed by atoms with E-state index < -0.39 is 11.6 Å². The van der Waals surface area contributed by atoms with E-state index in [1.165, 1.54) is 6.07 Å². The van der Waals surface area contributed by atoms with E-state index in [0.717, 1.165) is 25.5 Å². The smallest absolute Gasteiger partial charge is 0.228 e. The van der Waals surface area contributed by atoms with Crippen molar-refractivity contribution in [3.05, 3.63) is 28.2 Å². The Hall–Kier alpha value is -1.01. The summed E-state index contributed by atoms with van der Waals surface area (Å²) in [6, 6.07) is 1.98. The Balaban J connectivity index is 2.08. The normalized spacial score (nSPS) is 19.6. The van der Waals surface area contributed by atoms with Gasteiger partial charge >= 0.3 is 0 Å². The second-order valence-electron chi connectivity index (χ2n) is 4.28. The van der Waals surface area contributed by atoms with Gasteiger partial charge in [-0.2, -0.15) is 0 Å². The highest BCUT2D eigenvalue weighted by molar-refractivity contribution is 9.10. The molecule has 1 aliphatic rings. The van der Waals surface area contributed by atoms with Gasteiger partial charge in [-0.05, 0) is 41.4 Å². The van der Waals surface area contributed by atoms with Crippen LogP contribution >= 0.6 is 15.9 Å². The van der Waals surface area contributed by atoms with Gasteiger partial charge < -0.3 is 10.6 Å². The molecule has 2 rings (SSSR count). The van der Waals surface area contributed by atoms with Gasteiger partial charge in [0.25, 0.3) is 0 Å². The van der Waals surface area contributed by atoms with Crippen LogP contribution in [0.2, 0.25) is 0 Å². The highest BCUT2D eigenvalue weighted by Gasteiger charge is 2.22. The van der Waals surface area contributed by atoms with Gasteiger partial charge in [-0.3, -0.25) is 4.79 Å². The quantitative estimate of drug-likeness (QED) is 0.823. The zero-order chi connectivity index (χ0) is 13.1. The van der Waals surface area contributed by atoms with E-state index in [-0.39, 0.29) is 22.0 Å². The minimum absolute atomic E-state index is 0.00107. The number of nitrogens with one attached hydrogen (secondary N) is 2. The molecule has 0 radical (unpaired) electrons. The average Bonchev–Trinajstić information content (AvgIpc) is 2.37. The molecule has 3 nitrogen and oxygen atoms in total. The molecule has 0 spiro atoms. The molecule has 1 fully saturated rings. The molecule has 0 saturated carbocycles. The van der Waals surface area contributed by atoms with Crippen LogP contribution in [0.4, 0.5) is 14.5 Å². The lowest BCUT2D eigenvalue weighted by atomic mass is 9.99. The van der Waals surface area contributed by atoms with Gasteiger partial charge in [-0.1, -0.05) is 0 Å². The SMILES string of the molecule is O=C(Nc1cc(Br)c(F)cc1F)[C@H]1CCCNC1. The molecular weight excluding hydrogens is 306 g/mol. The maximum atomic E-state index is 13.5. The first-order valence-electron chi connectivity index (χ1n) is 5.74. The lowest BCUT2D eigenvalue weighted by molar-refractivity contribution is -0.120. The van der Waals surface area contributed by atoms with Crippen LogP contribution in [0.3, 0.4) is 0 Å². The highest BCUT2D eigenvalue weighted by atomic mass is 79.9. The number of carbonyl (C=O) groups is 1. The predicted molar refractivity (Wildman–Crippen MR) is 68.3 cm³/mol. The molecule has 1 amide bonds. The second kappa shape index (κ2) is 5.75. The second-order valence-corrected chi connectivity index (χ2v) is 5.13. The molecule has 1 aromatic rings. The summed E-state index contributed by atoms with van der Waals surface area (Å²) < 4.78 is 26.6. The minimum atomic E-state index is -0.771. The molecule has 0 aliphatic carbocycles. The maximum Gasteiger partial charge on any atom is 0.228 e. The van der Waals surface area contributed by atoms with Gasteiger partial charge in [-0.25, -0.2) is 8.78 Å². The Morgan fingerprint density at radius 1 is 1.39 bits per heavy atom. The van der Waals surface area contributed by atoms with Crippen molar-refractivity contribution in [1.29, 1.82) is 0 Å². The van der Waals surface area contributed by atoms with Crippen molar-refractivity contribution in [3.8, 4) is 0 Å². The summed E-state index contributed by atoms with van der Waals surface area (Å²) in [5, 5.41) is 5.61. The first kappa shape index (κ1) is 13.4. The summed E-state index contributed by atoms with van der Waals surface area (Å²) in [4.78, 5) is 11.9. The summed E-state index contributed by atoms with van der Waals surface area (Å²) in [7, 11) is 0. The number of halogens is 3. The van der Waals surface area contributed by atoms with Crippen molar-refractivity contribution in [2.45, 2.75) is 12.8 Å². The van der Waals surface area contributed by atoms with E-state index in [1.54, 1.807) is 0 Å². The topological polar surface area (TPSA) is 41.1 Å². The molecule has 0 unspecified atom stereocenters. The van der Waals surface area contributed by atoms with Crippen molar-refractivity contribution in [2.24, 2.45) is 5.92 Å². The Morgan fingerprint density at radius 3 is 2.83 bits per heavy atom. The van der Waals surface area contributed by atoms with E-state index >= 15 is 0 Å². The van der Waals surface area contributed by atoms with E-state index in [4.69, 9.17) is 0 Å². The largest absolute Gasteiger partial charge is 0.323 e. The highest BCUT2D eigenvalue weighted by Crippen LogP contribution is 2.24. The van der Waals surface area contributed by atoms with Gasteiger partial charge in [0.15, 0.2) is 0 Å². The monoisotopic (exact) mass is 318 g/mol. The van der Waals surface area contributed by atoms with Crippen LogP contribution in [-0.2, 0) is 4.79 Å². The number of carbonyl (C=O) groups excluding carboxylic acids is 1. The predicted octanol–water partition coefficient (Wildman–Crippen LogP) is 2.67. The van der Waals surface area contributed by atoms with Crippen molar-refractivity contribution in [3.63, 3.8) is 0 Å². The Labute approximate surface area is 112 Å². The average molecular weight is 319 g/mol. The third-order valence-corrected chi connectivity index (χ3v) is 3.54. The number of benzene rings is 1. The molecule has 1 saturated heterocycles. The Bertz CT molecular complexity index is 462. The molecule has 6 heteroatoms. The van der Waals surface area contributed by atoms with Crippen LogP contribution in [-0.4, -0.2) is 19.0 Å². The van der Waals surface area contributed by atoms with Crippen molar-refractivity contribution in [2.75, 3.05) is 18.4 Å². The third-order valence-electron chi connectivity index (χ3n) is 2.94. The van der Waals surface area contributed by atoms with Crippen LogP contribution in [0.1, 0.15) is 12.8 Å². The van der Waals surface area contributed by atoms with Crippen molar-refractivity contribution < 1.29 is 13.6 Å². The van der Waals surface area contributed by atoms with Crippen LogP contribution in [0.5, 0.6) is 0 Å². The Kier molecular flexibility index (Phi) is 4.29.